The summed E-state index contributed by atoms with van der Waals surface area (Å²) < 4.78 is 5.32. The van der Waals surface area contributed by atoms with Gasteiger partial charge < -0.3 is 10.1 Å². The summed E-state index contributed by atoms with van der Waals surface area (Å²) in [6, 6.07) is 4.66. The lowest BCUT2D eigenvalue weighted by Crippen LogP contribution is -2.20. The van der Waals surface area contributed by atoms with Crippen LogP contribution in [0.2, 0.25) is 5.02 Å². The van der Waals surface area contributed by atoms with Gasteiger partial charge in [-0.15, -0.1) is 6.58 Å². The molecule has 0 spiro atoms. The number of halogens is 1. The molecular formula is C13H17ClN2O3. The number of hydrogen-bond donors (Lipinski definition) is 1. The van der Waals surface area contributed by atoms with Crippen LogP contribution >= 0.6 is 11.6 Å². The van der Waals surface area contributed by atoms with E-state index in [0.717, 1.165) is 6.42 Å². The van der Waals surface area contributed by atoms with E-state index in [1.807, 2.05) is 0 Å². The van der Waals surface area contributed by atoms with Gasteiger partial charge in [0.25, 0.3) is 5.69 Å². The fraction of sp³-hybridized carbons (Fsp3) is 0.385. The van der Waals surface area contributed by atoms with Crippen LogP contribution in [-0.4, -0.2) is 24.7 Å². The maximum absolute atomic E-state index is 10.9. The van der Waals surface area contributed by atoms with Crippen molar-refractivity contribution in [1.82, 2.24) is 5.32 Å². The zero-order valence-corrected chi connectivity index (χ0v) is 11.4. The van der Waals surface area contributed by atoms with Gasteiger partial charge in [-0.1, -0.05) is 23.7 Å². The predicted molar refractivity (Wildman–Crippen MR) is 75.4 cm³/mol. The predicted octanol–water partition coefficient (Wildman–Crippen LogP) is 2.93. The zero-order valence-electron chi connectivity index (χ0n) is 10.6. The van der Waals surface area contributed by atoms with Crippen molar-refractivity contribution in [3.8, 4) is 0 Å². The van der Waals surface area contributed by atoms with E-state index >= 15 is 0 Å². The van der Waals surface area contributed by atoms with E-state index < -0.39 is 4.92 Å². The number of ether oxygens (including phenoxy) is 1. The van der Waals surface area contributed by atoms with Gasteiger partial charge in [0.2, 0.25) is 0 Å². The monoisotopic (exact) mass is 284 g/mol. The van der Waals surface area contributed by atoms with E-state index in [-0.39, 0.29) is 5.69 Å². The van der Waals surface area contributed by atoms with Crippen molar-refractivity contribution >= 4 is 17.3 Å². The van der Waals surface area contributed by atoms with Crippen molar-refractivity contribution in [2.24, 2.45) is 0 Å². The molecule has 1 rings (SSSR count). The van der Waals surface area contributed by atoms with E-state index in [4.69, 9.17) is 16.3 Å². The van der Waals surface area contributed by atoms with Gasteiger partial charge in [0.15, 0.2) is 0 Å². The van der Waals surface area contributed by atoms with Crippen molar-refractivity contribution in [2.45, 2.75) is 13.0 Å². The zero-order chi connectivity index (χ0) is 14.1. The first-order valence-electron chi connectivity index (χ1n) is 5.98. The Balaban J connectivity index is 2.40. The highest BCUT2D eigenvalue weighted by atomic mass is 35.5. The number of nitro groups is 1. The number of rotatable bonds is 9. The molecule has 6 heteroatoms. The lowest BCUT2D eigenvalue weighted by atomic mass is 10.2. The van der Waals surface area contributed by atoms with Crippen LogP contribution in [0.5, 0.6) is 0 Å². The highest BCUT2D eigenvalue weighted by Crippen LogP contribution is 2.25. The average molecular weight is 285 g/mol. The Morgan fingerprint density at radius 1 is 1.47 bits per heavy atom. The van der Waals surface area contributed by atoms with Crippen LogP contribution in [0, 0.1) is 10.1 Å². The quantitative estimate of drug-likeness (QED) is 0.328. The summed E-state index contributed by atoms with van der Waals surface area (Å²) in [4.78, 5) is 10.4. The molecule has 0 aliphatic carbocycles. The molecule has 0 fully saturated rings. The molecule has 104 valence electrons. The molecule has 0 aliphatic heterocycles. The van der Waals surface area contributed by atoms with Gasteiger partial charge in [-0.05, 0) is 12.5 Å². The number of nitrogens with one attached hydrogen (secondary N) is 1. The van der Waals surface area contributed by atoms with Gasteiger partial charge in [-0.25, -0.2) is 0 Å². The Bertz CT molecular complexity index is 438. The van der Waals surface area contributed by atoms with E-state index in [2.05, 4.69) is 11.9 Å². The molecule has 1 aromatic carbocycles. The Morgan fingerprint density at radius 3 is 2.95 bits per heavy atom. The van der Waals surface area contributed by atoms with Crippen LogP contribution in [0.3, 0.4) is 0 Å². The molecule has 0 atom stereocenters. The largest absolute Gasteiger partial charge is 0.380 e. The molecule has 0 radical (unpaired) electrons. The SMILES string of the molecule is C=CCCOCCNCc1c(Cl)cccc1[N+](=O)[O-]. The van der Waals surface area contributed by atoms with E-state index in [9.17, 15) is 10.1 Å². The highest BCUT2D eigenvalue weighted by molar-refractivity contribution is 6.31. The number of nitrogens with zero attached hydrogens (tertiary/aromatic N) is 1. The molecule has 0 saturated carbocycles. The molecule has 5 nitrogen and oxygen atoms in total. The molecule has 0 aromatic heterocycles. The summed E-state index contributed by atoms with van der Waals surface area (Å²) in [6.07, 6.45) is 2.61. The molecular weight excluding hydrogens is 268 g/mol. The third kappa shape index (κ3) is 5.38. The Kier molecular flexibility index (Phi) is 7.10. The molecule has 0 saturated heterocycles. The second-order valence-corrected chi connectivity index (χ2v) is 4.27. The number of benzene rings is 1. The summed E-state index contributed by atoms with van der Waals surface area (Å²) in [5.41, 5.74) is 0.535. The fourth-order valence-electron chi connectivity index (χ4n) is 1.52. The van der Waals surface area contributed by atoms with Gasteiger partial charge >= 0.3 is 0 Å². The van der Waals surface area contributed by atoms with Crippen molar-refractivity contribution in [3.05, 3.63) is 51.6 Å². The molecule has 0 heterocycles. The first-order chi connectivity index (χ1) is 9.16. The number of hydrogen-bond acceptors (Lipinski definition) is 4. The lowest BCUT2D eigenvalue weighted by molar-refractivity contribution is -0.385. The minimum absolute atomic E-state index is 0.0348. The van der Waals surface area contributed by atoms with Crippen molar-refractivity contribution in [1.29, 1.82) is 0 Å². The highest BCUT2D eigenvalue weighted by Gasteiger charge is 2.15. The second kappa shape index (κ2) is 8.63. The third-order valence-electron chi connectivity index (χ3n) is 2.48. The molecule has 0 unspecified atom stereocenters. The first-order valence-corrected chi connectivity index (χ1v) is 6.35. The second-order valence-electron chi connectivity index (χ2n) is 3.86. The molecule has 0 bridgehead atoms. The Morgan fingerprint density at radius 2 is 2.26 bits per heavy atom. The minimum atomic E-state index is -0.427. The van der Waals surface area contributed by atoms with Gasteiger partial charge in [-0.2, -0.15) is 0 Å². The van der Waals surface area contributed by atoms with Gasteiger partial charge in [0, 0.05) is 19.2 Å². The normalized spacial score (nSPS) is 10.4. The van der Waals surface area contributed by atoms with Crippen molar-refractivity contribution in [2.75, 3.05) is 19.8 Å². The van der Waals surface area contributed by atoms with Crippen LogP contribution in [0.25, 0.3) is 0 Å². The van der Waals surface area contributed by atoms with E-state index in [1.54, 1.807) is 18.2 Å². The van der Waals surface area contributed by atoms with Crippen LogP contribution < -0.4 is 5.32 Å². The molecule has 1 aromatic rings. The van der Waals surface area contributed by atoms with Crippen molar-refractivity contribution in [3.63, 3.8) is 0 Å². The summed E-state index contributed by atoms with van der Waals surface area (Å²) in [6.45, 7) is 5.74. The maximum atomic E-state index is 10.9. The first kappa shape index (κ1) is 15.6. The number of nitro benzene ring substituents is 1. The average Bonchev–Trinajstić information content (AvgIpc) is 2.39. The Hall–Kier alpha value is -1.43. The Labute approximate surface area is 117 Å². The van der Waals surface area contributed by atoms with Crippen LogP contribution in [-0.2, 0) is 11.3 Å². The molecule has 19 heavy (non-hydrogen) atoms. The van der Waals surface area contributed by atoms with Gasteiger partial charge in [0.05, 0.1) is 28.7 Å². The van der Waals surface area contributed by atoms with E-state index in [0.29, 0.717) is 36.9 Å². The minimum Gasteiger partial charge on any atom is -0.380 e. The summed E-state index contributed by atoms with van der Waals surface area (Å²) in [5.74, 6) is 0. The standard InChI is InChI=1S/C13H17ClN2O3/c1-2-3-8-19-9-7-15-10-11-12(14)5-4-6-13(11)16(17)18/h2,4-6,15H,1,3,7-10H2. The van der Waals surface area contributed by atoms with Gasteiger partial charge in [-0.3, -0.25) is 10.1 Å². The summed E-state index contributed by atoms with van der Waals surface area (Å²) in [5, 5.41) is 14.3. The topological polar surface area (TPSA) is 64.4 Å². The molecule has 1 N–H and O–H groups in total. The fourth-order valence-corrected chi connectivity index (χ4v) is 1.76. The van der Waals surface area contributed by atoms with Crippen molar-refractivity contribution < 1.29 is 9.66 Å². The molecule has 0 aliphatic rings. The van der Waals surface area contributed by atoms with Crippen LogP contribution in [0.15, 0.2) is 30.9 Å². The van der Waals surface area contributed by atoms with Gasteiger partial charge in [0.1, 0.15) is 0 Å². The smallest absolute Gasteiger partial charge is 0.275 e. The molecule has 0 amide bonds. The van der Waals surface area contributed by atoms with E-state index in [1.165, 1.54) is 6.07 Å². The summed E-state index contributed by atoms with van der Waals surface area (Å²) in [7, 11) is 0. The van der Waals surface area contributed by atoms with Crippen LogP contribution in [0.1, 0.15) is 12.0 Å². The van der Waals surface area contributed by atoms with Crippen LogP contribution in [0.4, 0.5) is 5.69 Å². The summed E-state index contributed by atoms with van der Waals surface area (Å²) >= 11 is 5.97. The maximum Gasteiger partial charge on any atom is 0.275 e. The lowest BCUT2D eigenvalue weighted by Gasteiger charge is -2.07. The third-order valence-corrected chi connectivity index (χ3v) is 2.84.